The van der Waals surface area contributed by atoms with E-state index in [-0.39, 0.29) is 11.6 Å². The molecule has 1 aliphatic heterocycles. The zero-order valence-corrected chi connectivity index (χ0v) is 14.3. The second kappa shape index (κ2) is 7.17. The van der Waals surface area contributed by atoms with Crippen LogP contribution in [0.3, 0.4) is 0 Å². The molecule has 0 spiro atoms. The Balaban J connectivity index is 1.55. The van der Waals surface area contributed by atoms with E-state index in [1.165, 1.54) is 6.33 Å². The number of aromatic nitrogens is 4. The highest BCUT2D eigenvalue weighted by molar-refractivity contribution is 5.52. The molecule has 2 aromatic heterocycles. The lowest BCUT2D eigenvalue weighted by Crippen LogP contribution is -2.40. The van der Waals surface area contributed by atoms with Crippen molar-refractivity contribution < 1.29 is 13.7 Å². The summed E-state index contributed by atoms with van der Waals surface area (Å²) in [5.74, 6) is 0.784. The Kier molecular flexibility index (Phi) is 4.57. The third kappa shape index (κ3) is 3.15. The third-order valence-corrected chi connectivity index (χ3v) is 4.29. The molecular weight excluding hydrogens is 337 g/mol. The fourth-order valence-corrected chi connectivity index (χ4v) is 2.92. The van der Waals surface area contributed by atoms with Crippen LogP contribution in [0.4, 0.5) is 10.2 Å². The number of hydrogen-bond donors (Lipinski definition) is 0. The molecule has 0 N–H and O–H groups in total. The zero-order chi connectivity index (χ0) is 17.9. The maximum Gasteiger partial charge on any atom is 0.258 e. The van der Waals surface area contributed by atoms with Crippen molar-refractivity contribution in [3.8, 4) is 11.5 Å². The normalized spacial score (nSPS) is 17.5. The minimum Gasteiger partial charge on any atom is -0.366 e. The van der Waals surface area contributed by atoms with Gasteiger partial charge in [-0.1, -0.05) is 30.3 Å². The summed E-state index contributed by atoms with van der Waals surface area (Å²) in [6.07, 6.45) is 1.49. The second-order valence-electron chi connectivity index (χ2n) is 5.94. The van der Waals surface area contributed by atoms with Gasteiger partial charge in [0.1, 0.15) is 12.4 Å². The van der Waals surface area contributed by atoms with E-state index in [1.807, 2.05) is 42.2 Å². The van der Waals surface area contributed by atoms with Gasteiger partial charge in [0.25, 0.3) is 5.89 Å². The van der Waals surface area contributed by atoms with Crippen molar-refractivity contribution in [2.75, 3.05) is 24.6 Å². The minimum absolute atomic E-state index is 0.289. The first-order valence-electron chi connectivity index (χ1n) is 8.51. The van der Waals surface area contributed by atoms with Crippen LogP contribution in [0.2, 0.25) is 0 Å². The van der Waals surface area contributed by atoms with Gasteiger partial charge in [-0.15, -0.1) is 0 Å². The van der Waals surface area contributed by atoms with E-state index in [9.17, 15) is 4.39 Å². The summed E-state index contributed by atoms with van der Waals surface area (Å²) in [5.41, 5.74) is 1.25. The number of halogens is 1. The van der Waals surface area contributed by atoms with Crippen LogP contribution in [0.5, 0.6) is 0 Å². The Hall–Kier alpha value is -2.87. The van der Waals surface area contributed by atoms with Gasteiger partial charge in [-0.25, -0.2) is 14.4 Å². The van der Waals surface area contributed by atoms with Crippen molar-refractivity contribution in [1.82, 2.24) is 20.1 Å². The van der Waals surface area contributed by atoms with Crippen molar-refractivity contribution in [2.45, 2.75) is 19.4 Å². The van der Waals surface area contributed by atoms with Gasteiger partial charge in [0.2, 0.25) is 5.82 Å². The van der Waals surface area contributed by atoms with Gasteiger partial charge in [0.05, 0.1) is 18.8 Å². The van der Waals surface area contributed by atoms with Gasteiger partial charge in [0, 0.05) is 12.1 Å². The number of hydrogen-bond acceptors (Lipinski definition) is 7. The first-order valence-corrected chi connectivity index (χ1v) is 8.51. The molecule has 1 aromatic carbocycles. The lowest BCUT2D eigenvalue weighted by Gasteiger charge is -2.32. The molecule has 4 rings (SSSR count). The number of aryl methyl sites for hydroxylation is 1. The maximum atomic E-state index is 14.6. The molecule has 7 nitrogen and oxygen atoms in total. The van der Waals surface area contributed by atoms with Crippen LogP contribution in [-0.4, -0.2) is 39.8 Å². The summed E-state index contributed by atoms with van der Waals surface area (Å²) >= 11 is 0. The van der Waals surface area contributed by atoms with Crippen LogP contribution < -0.4 is 4.90 Å². The molecule has 0 bridgehead atoms. The largest absolute Gasteiger partial charge is 0.366 e. The predicted octanol–water partition coefficient (Wildman–Crippen LogP) is 2.81. The molecule has 1 aliphatic rings. The first-order chi connectivity index (χ1) is 12.8. The number of anilines is 1. The van der Waals surface area contributed by atoms with Crippen molar-refractivity contribution in [1.29, 1.82) is 0 Å². The molecule has 3 heterocycles. The summed E-state index contributed by atoms with van der Waals surface area (Å²) < 4.78 is 25.7. The Morgan fingerprint density at radius 3 is 2.88 bits per heavy atom. The molecule has 0 amide bonds. The minimum atomic E-state index is -0.413. The molecule has 1 atom stereocenters. The van der Waals surface area contributed by atoms with E-state index >= 15 is 0 Å². The molecule has 8 heteroatoms. The van der Waals surface area contributed by atoms with E-state index in [4.69, 9.17) is 9.26 Å². The highest BCUT2D eigenvalue weighted by atomic mass is 19.1. The number of nitrogens with zero attached hydrogens (tertiary/aromatic N) is 5. The molecule has 3 aromatic rings. The quantitative estimate of drug-likeness (QED) is 0.712. The fraction of sp³-hybridized carbons (Fsp3) is 0.333. The average Bonchev–Trinajstić information content (AvgIpc) is 3.19. The Morgan fingerprint density at radius 1 is 1.23 bits per heavy atom. The van der Waals surface area contributed by atoms with E-state index in [1.54, 1.807) is 0 Å². The topological polar surface area (TPSA) is 77.2 Å². The lowest BCUT2D eigenvalue weighted by molar-refractivity contribution is 0.0321. The van der Waals surface area contributed by atoms with E-state index in [0.717, 1.165) is 5.56 Å². The summed E-state index contributed by atoms with van der Waals surface area (Å²) in [7, 11) is 0. The van der Waals surface area contributed by atoms with Crippen molar-refractivity contribution in [2.24, 2.45) is 0 Å². The van der Waals surface area contributed by atoms with E-state index in [0.29, 0.717) is 43.5 Å². The van der Waals surface area contributed by atoms with Gasteiger partial charge in [-0.2, -0.15) is 4.98 Å². The van der Waals surface area contributed by atoms with Gasteiger partial charge in [-0.3, -0.25) is 0 Å². The highest BCUT2D eigenvalue weighted by Crippen LogP contribution is 2.27. The molecule has 0 aliphatic carbocycles. The van der Waals surface area contributed by atoms with Crippen LogP contribution in [0, 0.1) is 5.82 Å². The number of benzene rings is 1. The number of rotatable bonds is 4. The predicted molar refractivity (Wildman–Crippen MR) is 92.0 cm³/mol. The van der Waals surface area contributed by atoms with Crippen LogP contribution in [0.15, 0.2) is 41.2 Å². The van der Waals surface area contributed by atoms with E-state index < -0.39 is 6.10 Å². The monoisotopic (exact) mass is 355 g/mol. The fourth-order valence-electron chi connectivity index (χ4n) is 2.92. The summed E-state index contributed by atoms with van der Waals surface area (Å²) in [4.78, 5) is 14.4. The lowest BCUT2D eigenvalue weighted by atomic mass is 10.2. The van der Waals surface area contributed by atoms with E-state index in [2.05, 4.69) is 20.1 Å². The molecule has 0 unspecified atom stereocenters. The van der Waals surface area contributed by atoms with Gasteiger partial charge < -0.3 is 14.2 Å². The van der Waals surface area contributed by atoms with Crippen molar-refractivity contribution in [3.05, 3.63) is 54.0 Å². The van der Waals surface area contributed by atoms with Gasteiger partial charge in [0.15, 0.2) is 11.6 Å². The molecular formula is C18H18FN5O2. The smallest absolute Gasteiger partial charge is 0.258 e. The summed E-state index contributed by atoms with van der Waals surface area (Å²) in [6.45, 7) is 3.22. The number of morpholine rings is 1. The molecule has 0 radical (unpaired) electrons. The SMILES string of the molecule is CCc1ncnc(N2CCO[C@H](c3noc(-c4ccccc4)n3)C2)c1F. The van der Waals surface area contributed by atoms with Crippen molar-refractivity contribution >= 4 is 5.82 Å². The maximum absolute atomic E-state index is 14.6. The zero-order valence-electron chi connectivity index (χ0n) is 14.3. The third-order valence-electron chi connectivity index (χ3n) is 4.29. The van der Waals surface area contributed by atoms with Crippen molar-refractivity contribution in [3.63, 3.8) is 0 Å². The molecule has 1 saturated heterocycles. The summed E-state index contributed by atoms with van der Waals surface area (Å²) in [5, 5.41) is 4.04. The van der Waals surface area contributed by atoms with Crippen LogP contribution in [0.25, 0.3) is 11.5 Å². The Bertz CT molecular complexity index is 886. The first kappa shape index (κ1) is 16.6. The van der Waals surface area contributed by atoms with Crippen LogP contribution >= 0.6 is 0 Å². The van der Waals surface area contributed by atoms with Gasteiger partial charge in [-0.05, 0) is 18.6 Å². The molecule has 134 valence electrons. The van der Waals surface area contributed by atoms with Crippen LogP contribution in [-0.2, 0) is 11.2 Å². The standard InChI is InChI=1S/C18H18FN5O2/c1-2-13-15(19)17(21-11-20-13)24-8-9-25-14(10-24)16-22-18(26-23-16)12-6-4-3-5-7-12/h3-7,11,14H,2,8-10H2,1H3/t14-/m0/s1. The van der Waals surface area contributed by atoms with Gasteiger partial charge >= 0.3 is 0 Å². The summed E-state index contributed by atoms with van der Waals surface area (Å²) in [6, 6.07) is 9.52. The second-order valence-corrected chi connectivity index (χ2v) is 5.94. The molecule has 26 heavy (non-hydrogen) atoms. The van der Waals surface area contributed by atoms with Crippen LogP contribution in [0.1, 0.15) is 24.5 Å². The Morgan fingerprint density at radius 2 is 2.08 bits per heavy atom. The average molecular weight is 355 g/mol. The Labute approximate surface area is 149 Å². The highest BCUT2D eigenvalue weighted by Gasteiger charge is 2.29. The molecule has 0 saturated carbocycles. The number of ether oxygens (including phenoxy) is 1. The molecule has 1 fully saturated rings.